The molecule has 2 amide bonds. The van der Waals surface area contributed by atoms with Crippen molar-refractivity contribution in [1.82, 2.24) is 10.2 Å². The molecule has 1 fully saturated rings. The van der Waals surface area contributed by atoms with Crippen molar-refractivity contribution in [2.75, 3.05) is 20.8 Å². The number of methoxy groups -OCH3 is 2. The fourth-order valence-electron chi connectivity index (χ4n) is 3.04. The van der Waals surface area contributed by atoms with Crippen LogP contribution in [0.25, 0.3) is 0 Å². The first-order valence-electron chi connectivity index (χ1n) is 8.91. The van der Waals surface area contributed by atoms with Crippen molar-refractivity contribution >= 4 is 12.0 Å². The summed E-state index contributed by atoms with van der Waals surface area (Å²) >= 11 is 0. The second-order valence-electron chi connectivity index (χ2n) is 7.51. The van der Waals surface area contributed by atoms with Crippen LogP contribution >= 0.6 is 0 Å². The molecule has 0 aromatic heterocycles. The number of nitrogens with zero attached hydrogens (tertiary/aromatic N) is 1. The van der Waals surface area contributed by atoms with Crippen molar-refractivity contribution in [3.05, 3.63) is 23.8 Å². The molecule has 0 bridgehead atoms. The van der Waals surface area contributed by atoms with Gasteiger partial charge in [0, 0.05) is 18.2 Å². The highest BCUT2D eigenvalue weighted by atomic mass is 16.6. The van der Waals surface area contributed by atoms with E-state index in [2.05, 4.69) is 5.32 Å². The van der Waals surface area contributed by atoms with Gasteiger partial charge in [-0.2, -0.15) is 0 Å². The maximum absolute atomic E-state index is 12.6. The number of rotatable bonds is 7. The summed E-state index contributed by atoms with van der Waals surface area (Å²) < 4.78 is 15.7. The second kappa shape index (κ2) is 8.66. The minimum atomic E-state index is -1.22. The summed E-state index contributed by atoms with van der Waals surface area (Å²) in [6.07, 6.45) is -1.98. The molecule has 0 radical (unpaired) electrons. The van der Waals surface area contributed by atoms with Crippen molar-refractivity contribution < 1.29 is 34.0 Å². The Morgan fingerprint density at radius 1 is 1.29 bits per heavy atom. The predicted molar refractivity (Wildman–Crippen MR) is 100 cm³/mol. The van der Waals surface area contributed by atoms with Gasteiger partial charge in [0.15, 0.2) is 0 Å². The molecule has 0 aliphatic carbocycles. The van der Waals surface area contributed by atoms with Gasteiger partial charge in [0.05, 0.1) is 33.0 Å². The van der Waals surface area contributed by atoms with E-state index in [1.165, 1.54) is 19.1 Å². The van der Waals surface area contributed by atoms with Crippen molar-refractivity contribution in [2.45, 2.75) is 51.1 Å². The maximum Gasteiger partial charge on any atom is 0.408 e. The predicted octanol–water partition coefficient (Wildman–Crippen LogP) is 0.661. The summed E-state index contributed by atoms with van der Waals surface area (Å²) in [4.78, 5) is 26.0. The van der Waals surface area contributed by atoms with Gasteiger partial charge in [-0.1, -0.05) is 0 Å². The fraction of sp³-hybridized carbons (Fsp3) is 0.579. The molecular weight excluding hydrogens is 368 g/mol. The molecule has 0 unspecified atom stereocenters. The van der Waals surface area contributed by atoms with Gasteiger partial charge in [0.25, 0.3) is 0 Å². The largest absolute Gasteiger partial charge is 0.497 e. The fourth-order valence-corrected chi connectivity index (χ4v) is 3.04. The number of aliphatic hydroxyl groups excluding tert-OH is 2. The van der Waals surface area contributed by atoms with Crippen LogP contribution in [0.4, 0.5) is 4.79 Å². The molecule has 1 aromatic carbocycles. The number of amides is 2. The van der Waals surface area contributed by atoms with Crippen LogP contribution < -0.4 is 14.8 Å². The molecule has 9 nitrogen and oxygen atoms in total. The van der Waals surface area contributed by atoms with E-state index in [9.17, 15) is 19.8 Å². The van der Waals surface area contributed by atoms with E-state index in [0.29, 0.717) is 17.1 Å². The molecule has 1 saturated heterocycles. The molecule has 1 aliphatic rings. The van der Waals surface area contributed by atoms with Gasteiger partial charge in [-0.15, -0.1) is 0 Å². The zero-order valence-corrected chi connectivity index (χ0v) is 16.8. The molecule has 3 atom stereocenters. The molecule has 0 spiro atoms. The zero-order chi connectivity index (χ0) is 21.1. The van der Waals surface area contributed by atoms with Gasteiger partial charge in [-0.3, -0.25) is 4.79 Å². The quantitative estimate of drug-likeness (QED) is 0.580. The highest BCUT2D eigenvalue weighted by Crippen LogP contribution is 2.31. The zero-order valence-electron chi connectivity index (χ0n) is 16.8. The van der Waals surface area contributed by atoms with E-state index >= 15 is 0 Å². The topological polar surface area (TPSA) is 118 Å². The molecule has 2 rings (SSSR count). The Bertz CT molecular complexity index is 717. The first kappa shape index (κ1) is 21.8. The second-order valence-corrected chi connectivity index (χ2v) is 7.51. The Labute approximate surface area is 164 Å². The highest BCUT2D eigenvalue weighted by Gasteiger charge is 2.51. The normalized spacial score (nSPS) is 20.2. The van der Waals surface area contributed by atoms with Crippen LogP contribution in [0.1, 0.15) is 26.3 Å². The number of carbonyl (C=O) groups is 2. The van der Waals surface area contributed by atoms with Crippen LogP contribution in [-0.2, 0) is 16.1 Å². The highest BCUT2D eigenvalue weighted by molar-refractivity contribution is 5.92. The average molecular weight is 396 g/mol. The lowest BCUT2D eigenvalue weighted by atomic mass is 9.89. The minimum absolute atomic E-state index is 0.139. The van der Waals surface area contributed by atoms with E-state index in [-0.39, 0.29) is 12.5 Å². The molecule has 9 heteroatoms. The first-order valence-corrected chi connectivity index (χ1v) is 8.91. The molecule has 1 aliphatic heterocycles. The number of benzene rings is 1. The van der Waals surface area contributed by atoms with Gasteiger partial charge >= 0.3 is 6.09 Å². The summed E-state index contributed by atoms with van der Waals surface area (Å²) in [7, 11) is 3.04. The molecule has 28 heavy (non-hydrogen) atoms. The Morgan fingerprint density at radius 2 is 1.96 bits per heavy atom. The summed E-state index contributed by atoms with van der Waals surface area (Å²) in [5.74, 6) is 0.737. The number of nitrogens with one attached hydrogen (secondary N) is 1. The third-order valence-electron chi connectivity index (χ3n) is 4.34. The van der Waals surface area contributed by atoms with Gasteiger partial charge in [-0.05, 0) is 32.9 Å². The Morgan fingerprint density at radius 3 is 2.50 bits per heavy atom. The number of likely N-dealkylation sites (tertiary alicyclic amines) is 1. The maximum atomic E-state index is 12.6. The van der Waals surface area contributed by atoms with Gasteiger partial charge in [-0.25, -0.2) is 4.79 Å². The molecular formula is C19H28N2O7. The van der Waals surface area contributed by atoms with Gasteiger partial charge in [0.2, 0.25) is 5.91 Å². The number of hydrogen-bond donors (Lipinski definition) is 3. The van der Waals surface area contributed by atoms with Crippen LogP contribution in [0, 0.1) is 0 Å². The summed E-state index contributed by atoms with van der Waals surface area (Å²) in [6, 6.07) is 3.39. The number of ether oxygens (including phenoxy) is 3. The van der Waals surface area contributed by atoms with Crippen molar-refractivity contribution in [3.8, 4) is 11.5 Å². The van der Waals surface area contributed by atoms with Gasteiger partial charge < -0.3 is 34.6 Å². The smallest absolute Gasteiger partial charge is 0.408 e. The van der Waals surface area contributed by atoms with E-state index < -0.39 is 36.5 Å². The van der Waals surface area contributed by atoms with Gasteiger partial charge in [0.1, 0.15) is 23.1 Å². The van der Waals surface area contributed by atoms with E-state index in [1.54, 1.807) is 39.0 Å². The summed E-state index contributed by atoms with van der Waals surface area (Å²) in [5, 5.41) is 22.0. The number of alkyl carbamates (subject to hydrolysis) is 1. The van der Waals surface area contributed by atoms with Crippen molar-refractivity contribution in [2.24, 2.45) is 0 Å². The molecule has 1 aromatic rings. The van der Waals surface area contributed by atoms with E-state index in [4.69, 9.17) is 14.2 Å². The Hall–Kier alpha value is -2.52. The lowest BCUT2D eigenvalue weighted by molar-refractivity contribution is -0.161. The molecule has 0 saturated carbocycles. The minimum Gasteiger partial charge on any atom is -0.497 e. The third-order valence-corrected chi connectivity index (χ3v) is 4.34. The molecule has 1 heterocycles. The monoisotopic (exact) mass is 396 g/mol. The van der Waals surface area contributed by atoms with Crippen LogP contribution in [0.5, 0.6) is 11.5 Å². The van der Waals surface area contributed by atoms with Crippen LogP contribution in [0.3, 0.4) is 0 Å². The molecule has 156 valence electrons. The number of aliphatic hydroxyl groups is 2. The first-order chi connectivity index (χ1) is 13.1. The van der Waals surface area contributed by atoms with Crippen LogP contribution in [0.2, 0.25) is 0 Å². The SMILES string of the molecule is COc1ccc(CN2C(=O)[C@@H](NC(=O)OC(C)(C)C)[C@H]2[C@@H](O)CO)c(OC)c1. The average Bonchev–Trinajstić information content (AvgIpc) is 2.64. The Balaban J connectivity index is 2.17. The summed E-state index contributed by atoms with van der Waals surface area (Å²) in [6.45, 7) is 4.70. The summed E-state index contributed by atoms with van der Waals surface area (Å²) in [5.41, 5.74) is -0.0273. The third kappa shape index (κ3) is 4.85. The van der Waals surface area contributed by atoms with Crippen LogP contribution in [0.15, 0.2) is 18.2 Å². The van der Waals surface area contributed by atoms with E-state index in [1.807, 2.05) is 0 Å². The molecule has 3 N–H and O–H groups in total. The number of β-lactam (4-membered cyclic amide) rings is 1. The Kier molecular flexibility index (Phi) is 6.73. The van der Waals surface area contributed by atoms with Crippen LogP contribution in [-0.4, -0.2) is 71.7 Å². The lowest BCUT2D eigenvalue weighted by Gasteiger charge is -2.49. The van der Waals surface area contributed by atoms with Crippen molar-refractivity contribution in [1.29, 1.82) is 0 Å². The lowest BCUT2D eigenvalue weighted by Crippen LogP contribution is -2.74. The standard InChI is InChI=1S/C19H28N2O7/c1-19(2,3)28-18(25)20-15-16(13(23)10-22)21(17(15)24)9-11-6-7-12(26-4)8-14(11)27-5/h6-8,13,15-16,22-23H,9-10H2,1-5H3,(H,20,25)/t13-,15-,16+/m0/s1. The number of hydrogen-bond acceptors (Lipinski definition) is 7. The number of carbonyl (C=O) groups excluding carboxylic acids is 2. The van der Waals surface area contributed by atoms with E-state index in [0.717, 1.165) is 0 Å². The van der Waals surface area contributed by atoms with Crippen molar-refractivity contribution in [3.63, 3.8) is 0 Å².